The minimum absolute atomic E-state index is 0.266. The summed E-state index contributed by atoms with van der Waals surface area (Å²) in [5.74, 6) is 0.813. The smallest absolute Gasteiger partial charge is 0.326 e. The Kier molecular flexibility index (Phi) is 5.34. The van der Waals surface area contributed by atoms with Gasteiger partial charge >= 0.3 is 6.03 Å². The highest BCUT2D eigenvalue weighted by Gasteiger charge is 2.20. The Morgan fingerprint density at radius 2 is 1.72 bits per heavy atom. The van der Waals surface area contributed by atoms with Gasteiger partial charge in [0.25, 0.3) is 0 Å². The molecule has 1 aromatic heterocycles. The minimum atomic E-state index is -0.479. The number of para-hydroxylation sites is 2. The molecule has 4 rings (SSSR count). The van der Waals surface area contributed by atoms with E-state index in [0.29, 0.717) is 32.6 Å². The molecule has 5 nitrogen and oxygen atoms in total. The van der Waals surface area contributed by atoms with E-state index in [1.54, 1.807) is 42.5 Å². The Labute approximate surface area is 177 Å². The molecular formula is C22H16Cl2N2O3. The van der Waals surface area contributed by atoms with Gasteiger partial charge < -0.3 is 14.5 Å². The maximum absolute atomic E-state index is 12.7. The summed E-state index contributed by atoms with van der Waals surface area (Å²) in [5.41, 5.74) is 2.49. The molecule has 0 unspecified atom stereocenters. The minimum Gasteiger partial charge on any atom is -0.495 e. The molecule has 7 heteroatoms. The molecule has 0 radical (unpaired) electrons. The molecule has 0 saturated heterocycles. The summed E-state index contributed by atoms with van der Waals surface area (Å²) >= 11 is 12.6. The number of anilines is 2. The zero-order valence-corrected chi connectivity index (χ0v) is 16.8. The van der Waals surface area contributed by atoms with Crippen LogP contribution in [0.4, 0.5) is 16.4 Å². The zero-order valence-electron chi connectivity index (χ0n) is 15.3. The van der Waals surface area contributed by atoms with E-state index < -0.39 is 6.03 Å². The second-order valence-electron chi connectivity index (χ2n) is 6.21. The summed E-state index contributed by atoms with van der Waals surface area (Å²) in [6, 6.07) is 19.2. The molecular weight excluding hydrogens is 411 g/mol. The van der Waals surface area contributed by atoms with E-state index in [1.807, 2.05) is 24.3 Å². The molecule has 0 aliphatic rings. The van der Waals surface area contributed by atoms with Crippen molar-refractivity contribution >= 4 is 51.8 Å². The number of methoxy groups -OCH3 is 1. The lowest BCUT2D eigenvalue weighted by Gasteiger charge is -2.11. The van der Waals surface area contributed by atoms with Crippen molar-refractivity contribution in [2.45, 2.75) is 0 Å². The molecule has 0 aliphatic carbocycles. The maximum atomic E-state index is 12.7. The predicted octanol–water partition coefficient (Wildman–Crippen LogP) is 7.06. The average Bonchev–Trinajstić information content (AvgIpc) is 3.05. The normalized spacial score (nSPS) is 10.7. The molecule has 0 spiro atoms. The molecule has 2 amide bonds. The second kappa shape index (κ2) is 8.07. The van der Waals surface area contributed by atoms with Crippen molar-refractivity contribution in [2.24, 2.45) is 0 Å². The molecule has 0 bridgehead atoms. The number of urea groups is 1. The fraction of sp³-hybridized carbons (Fsp3) is 0.0455. The van der Waals surface area contributed by atoms with Crippen LogP contribution in [0, 0.1) is 0 Å². The van der Waals surface area contributed by atoms with E-state index >= 15 is 0 Å². The molecule has 0 fully saturated rings. The number of hydrogen-bond acceptors (Lipinski definition) is 3. The molecule has 0 atom stereocenters. The third-order valence-corrected chi connectivity index (χ3v) is 4.94. The van der Waals surface area contributed by atoms with E-state index in [-0.39, 0.29) is 5.88 Å². The van der Waals surface area contributed by atoms with Gasteiger partial charge in [-0.25, -0.2) is 4.79 Å². The largest absolute Gasteiger partial charge is 0.495 e. The fourth-order valence-electron chi connectivity index (χ4n) is 3.09. The average molecular weight is 427 g/mol. The van der Waals surface area contributed by atoms with Crippen molar-refractivity contribution < 1.29 is 13.9 Å². The Balaban J connectivity index is 1.75. The molecule has 0 saturated carbocycles. The Bertz CT molecular complexity index is 1200. The van der Waals surface area contributed by atoms with Crippen LogP contribution in [0.2, 0.25) is 10.0 Å². The number of ether oxygens (including phenoxy) is 1. The van der Waals surface area contributed by atoms with Gasteiger partial charge in [-0.3, -0.25) is 5.32 Å². The summed E-state index contributed by atoms with van der Waals surface area (Å²) < 4.78 is 11.2. The second-order valence-corrected chi connectivity index (χ2v) is 7.05. The topological polar surface area (TPSA) is 63.5 Å². The number of halogens is 2. The highest BCUT2D eigenvalue weighted by atomic mass is 35.5. The highest BCUT2D eigenvalue weighted by Crippen LogP contribution is 2.42. The van der Waals surface area contributed by atoms with Crippen molar-refractivity contribution in [2.75, 3.05) is 17.7 Å². The van der Waals surface area contributed by atoms with E-state index in [9.17, 15) is 4.79 Å². The van der Waals surface area contributed by atoms with Gasteiger partial charge in [0.05, 0.1) is 18.4 Å². The van der Waals surface area contributed by atoms with Gasteiger partial charge in [0, 0.05) is 21.0 Å². The Morgan fingerprint density at radius 3 is 2.52 bits per heavy atom. The Hall–Kier alpha value is -3.15. The number of carbonyl (C=O) groups excluding carboxylic acids is 1. The first-order valence-corrected chi connectivity index (χ1v) is 9.50. The van der Waals surface area contributed by atoms with Crippen LogP contribution in [0.5, 0.6) is 5.75 Å². The van der Waals surface area contributed by atoms with Crippen LogP contribution in [0.25, 0.3) is 22.1 Å². The number of fused-ring (bicyclic) bond motifs is 1. The third-order valence-electron chi connectivity index (χ3n) is 4.38. The summed E-state index contributed by atoms with van der Waals surface area (Å²) in [7, 11) is 1.54. The number of hydrogen-bond donors (Lipinski definition) is 2. The summed E-state index contributed by atoms with van der Waals surface area (Å²) in [4.78, 5) is 12.7. The van der Waals surface area contributed by atoms with Gasteiger partial charge in [-0.1, -0.05) is 53.5 Å². The number of rotatable bonds is 4. The summed E-state index contributed by atoms with van der Waals surface area (Å²) in [6.45, 7) is 0. The number of nitrogens with one attached hydrogen (secondary N) is 2. The first kappa shape index (κ1) is 19.2. The van der Waals surface area contributed by atoms with Crippen LogP contribution in [0.1, 0.15) is 0 Å². The number of carbonyl (C=O) groups is 1. The van der Waals surface area contributed by atoms with Crippen molar-refractivity contribution in [1.82, 2.24) is 0 Å². The van der Waals surface area contributed by atoms with Crippen molar-refractivity contribution in [3.63, 3.8) is 0 Å². The van der Waals surface area contributed by atoms with Gasteiger partial charge in [0.1, 0.15) is 11.3 Å². The van der Waals surface area contributed by atoms with Crippen molar-refractivity contribution in [3.8, 4) is 16.9 Å². The number of amides is 2. The van der Waals surface area contributed by atoms with Crippen LogP contribution in [0.3, 0.4) is 0 Å². The van der Waals surface area contributed by atoms with E-state index in [1.165, 1.54) is 7.11 Å². The van der Waals surface area contributed by atoms with Crippen LogP contribution >= 0.6 is 23.2 Å². The monoisotopic (exact) mass is 426 g/mol. The molecule has 2 N–H and O–H groups in total. The lowest BCUT2D eigenvalue weighted by atomic mass is 10.0. The van der Waals surface area contributed by atoms with Crippen LogP contribution < -0.4 is 15.4 Å². The lowest BCUT2D eigenvalue weighted by Crippen LogP contribution is -2.19. The van der Waals surface area contributed by atoms with Crippen LogP contribution in [-0.2, 0) is 0 Å². The van der Waals surface area contributed by atoms with E-state index in [4.69, 9.17) is 32.4 Å². The van der Waals surface area contributed by atoms with Crippen molar-refractivity contribution in [3.05, 3.63) is 76.8 Å². The summed E-state index contributed by atoms with van der Waals surface area (Å²) in [5, 5.41) is 7.37. The molecule has 0 aliphatic heterocycles. The van der Waals surface area contributed by atoms with Gasteiger partial charge in [-0.2, -0.15) is 0 Å². The quantitative estimate of drug-likeness (QED) is 0.367. The van der Waals surface area contributed by atoms with Gasteiger partial charge in [0.15, 0.2) is 0 Å². The van der Waals surface area contributed by atoms with Gasteiger partial charge in [-0.05, 0) is 36.4 Å². The molecule has 1 heterocycles. The predicted molar refractivity (Wildman–Crippen MR) is 117 cm³/mol. The molecule has 4 aromatic rings. The zero-order chi connectivity index (χ0) is 20.4. The molecule has 3 aromatic carbocycles. The third kappa shape index (κ3) is 3.88. The van der Waals surface area contributed by atoms with E-state index in [0.717, 1.165) is 10.9 Å². The first-order chi connectivity index (χ1) is 14.1. The SMILES string of the molecule is COc1ccccc1NC(=O)Nc1oc2ccc(Cl)cc2c1-c1ccccc1Cl. The molecule has 146 valence electrons. The van der Waals surface area contributed by atoms with Gasteiger partial charge in [0.2, 0.25) is 5.88 Å². The highest BCUT2D eigenvalue weighted by molar-refractivity contribution is 6.34. The van der Waals surface area contributed by atoms with Crippen LogP contribution in [0.15, 0.2) is 71.1 Å². The first-order valence-electron chi connectivity index (χ1n) is 8.75. The fourth-order valence-corrected chi connectivity index (χ4v) is 3.50. The number of furan rings is 1. The standard InChI is InChI=1S/C22H16Cl2N2O3/c1-28-19-9-5-4-8-17(19)25-22(27)26-21-20(14-6-2-3-7-16(14)24)15-12-13(23)10-11-18(15)29-21/h2-12H,1H3,(H2,25,26,27). The lowest BCUT2D eigenvalue weighted by molar-refractivity contribution is 0.261. The maximum Gasteiger partial charge on any atom is 0.326 e. The molecule has 29 heavy (non-hydrogen) atoms. The van der Waals surface area contributed by atoms with Crippen molar-refractivity contribution in [1.29, 1.82) is 0 Å². The van der Waals surface area contributed by atoms with Gasteiger partial charge in [-0.15, -0.1) is 0 Å². The summed E-state index contributed by atoms with van der Waals surface area (Å²) in [6.07, 6.45) is 0. The number of benzene rings is 3. The van der Waals surface area contributed by atoms with E-state index in [2.05, 4.69) is 10.6 Å². The Morgan fingerprint density at radius 1 is 0.966 bits per heavy atom. The van der Waals surface area contributed by atoms with Crippen LogP contribution in [-0.4, -0.2) is 13.1 Å².